The van der Waals surface area contributed by atoms with Crippen LogP contribution in [0.2, 0.25) is 0 Å². The molecule has 4 heteroatoms. The summed E-state index contributed by atoms with van der Waals surface area (Å²) in [5, 5.41) is 0. The lowest BCUT2D eigenvalue weighted by molar-refractivity contribution is -0.113. The fourth-order valence-corrected chi connectivity index (χ4v) is 2.19. The van der Waals surface area contributed by atoms with Crippen molar-refractivity contribution in [2.75, 3.05) is 0 Å². The summed E-state index contributed by atoms with van der Waals surface area (Å²) in [6, 6.07) is 17.4. The normalized spacial score (nSPS) is 11.7. The van der Waals surface area contributed by atoms with E-state index in [4.69, 9.17) is 5.73 Å². The van der Waals surface area contributed by atoms with Gasteiger partial charge >= 0.3 is 0 Å². The standard InChI is InChI=1S/C16H13N3O/c17-16(20)10-15(12-6-2-1-3-7-12)19-11-18-13-8-4-5-9-14(13)19/h1-11H,(H2,17,20)/b15-10+. The van der Waals surface area contributed by atoms with Gasteiger partial charge in [0, 0.05) is 6.08 Å². The van der Waals surface area contributed by atoms with Gasteiger partial charge in [0.15, 0.2) is 0 Å². The number of carbonyl (C=O) groups excluding carboxylic acids is 1. The van der Waals surface area contributed by atoms with Gasteiger partial charge in [-0.25, -0.2) is 4.98 Å². The zero-order valence-corrected chi connectivity index (χ0v) is 10.7. The third kappa shape index (κ3) is 2.19. The van der Waals surface area contributed by atoms with Crippen LogP contribution >= 0.6 is 0 Å². The molecule has 4 nitrogen and oxygen atoms in total. The van der Waals surface area contributed by atoms with Gasteiger partial charge in [-0.15, -0.1) is 0 Å². The molecule has 0 bridgehead atoms. The predicted molar refractivity (Wildman–Crippen MR) is 78.7 cm³/mol. The van der Waals surface area contributed by atoms with Crippen molar-refractivity contribution in [1.82, 2.24) is 9.55 Å². The van der Waals surface area contributed by atoms with Crippen LogP contribution in [0.15, 0.2) is 67.0 Å². The Morgan fingerprint density at radius 2 is 1.75 bits per heavy atom. The van der Waals surface area contributed by atoms with Gasteiger partial charge in [-0.2, -0.15) is 0 Å². The molecule has 0 radical (unpaired) electrons. The summed E-state index contributed by atoms with van der Waals surface area (Å²) in [6.07, 6.45) is 3.12. The van der Waals surface area contributed by atoms with Crippen LogP contribution < -0.4 is 5.73 Å². The number of amides is 1. The molecule has 0 saturated carbocycles. The van der Waals surface area contributed by atoms with Crippen LogP contribution in [0.25, 0.3) is 16.7 Å². The fraction of sp³-hybridized carbons (Fsp3) is 0. The molecule has 0 fully saturated rings. The number of benzene rings is 2. The molecule has 1 heterocycles. The van der Waals surface area contributed by atoms with Crippen molar-refractivity contribution >= 4 is 22.6 Å². The summed E-state index contributed by atoms with van der Waals surface area (Å²) in [7, 11) is 0. The van der Waals surface area contributed by atoms with E-state index in [1.165, 1.54) is 6.08 Å². The van der Waals surface area contributed by atoms with E-state index in [0.29, 0.717) is 5.70 Å². The van der Waals surface area contributed by atoms with Gasteiger partial charge in [0.25, 0.3) is 0 Å². The maximum absolute atomic E-state index is 11.3. The first-order valence-corrected chi connectivity index (χ1v) is 6.25. The van der Waals surface area contributed by atoms with Crippen LogP contribution in [-0.4, -0.2) is 15.5 Å². The zero-order valence-electron chi connectivity index (χ0n) is 10.7. The number of hydrogen-bond donors (Lipinski definition) is 1. The molecule has 3 rings (SSSR count). The summed E-state index contributed by atoms with van der Waals surface area (Å²) >= 11 is 0. The van der Waals surface area contributed by atoms with Crippen LogP contribution in [0.3, 0.4) is 0 Å². The van der Waals surface area contributed by atoms with E-state index in [2.05, 4.69) is 4.98 Å². The quantitative estimate of drug-likeness (QED) is 0.738. The van der Waals surface area contributed by atoms with Gasteiger partial charge in [-0.05, 0) is 17.7 Å². The number of primary amides is 1. The molecule has 0 spiro atoms. The van der Waals surface area contributed by atoms with Crippen LogP contribution in [0.1, 0.15) is 5.56 Å². The Bertz CT molecular complexity index is 788. The van der Waals surface area contributed by atoms with Crippen molar-refractivity contribution in [3.63, 3.8) is 0 Å². The van der Waals surface area contributed by atoms with E-state index in [9.17, 15) is 4.79 Å². The maximum atomic E-state index is 11.3. The third-order valence-electron chi connectivity index (χ3n) is 3.06. The van der Waals surface area contributed by atoms with Crippen molar-refractivity contribution < 1.29 is 4.79 Å². The van der Waals surface area contributed by atoms with Crippen molar-refractivity contribution in [3.05, 3.63) is 72.6 Å². The molecule has 0 aliphatic carbocycles. The highest BCUT2D eigenvalue weighted by Crippen LogP contribution is 2.22. The number of aromatic nitrogens is 2. The lowest BCUT2D eigenvalue weighted by Crippen LogP contribution is -2.09. The van der Waals surface area contributed by atoms with Gasteiger partial charge in [0.1, 0.15) is 6.33 Å². The molecule has 98 valence electrons. The van der Waals surface area contributed by atoms with Gasteiger partial charge in [0.2, 0.25) is 5.91 Å². The van der Waals surface area contributed by atoms with Crippen molar-refractivity contribution in [1.29, 1.82) is 0 Å². The number of fused-ring (bicyclic) bond motifs is 1. The Labute approximate surface area is 116 Å². The molecule has 1 amide bonds. The molecule has 0 saturated heterocycles. The number of para-hydroxylation sites is 2. The number of rotatable bonds is 3. The zero-order chi connectivity index (χ0) is 13.9. The van der Waals surface area contributed by atoms with E-state index in [-0.39, 0.29) is 0 Å². The Kier molecular flexibility index (Phi) is 3.05. The highest BCUT2D eigenvalue weighted by atomic mass is 16.1. The van der Waals surface area contributed by atoms with Gasteiger partial charge < -0.3 is 5.73 Å². The molecule has 2 aromatic carbocycles. The fourth-order valence-electron chi connectivity index (χ4n) is 2.19. The van der Waals surface area contributed by atoms with Gasteiger partial charge in [-0.3, -0.25) is 9.36 Å². The first-order valence-electron chi connectivity index (χ1n) is 6.25. The third-order valence-corrected chi connectivity index (χ3v) is 3.06. The highest BCUT2D eigenvalue weighted by molar-refractivity contribution is 5.95. The van der Waals surface area contributed by atoms with Crippen LogP contribution in [0.5, 0.6) is 0 Å². The van der Waals surface area contributed by atoms with Crippen LogP contribution in [-0.2, 0) is 4.79 Å². The second-order valence-corrected chi connectivity index (χ2v) is 4.40. The summed E-state index contributed by atoms with van der Waals surface area (Å²) in [5.41, 5.74) is 8.77. The van der Waals surface area contributed by atoms with Crippen LogP contribution in [0.4, 0.5) is 0 Å². The largest absolute Gasteiger partial charge is 0.366 e. The predicted octanol–water partition coefficient (Wildman–Crippen LogP) is 2.41. The molecule has 2 N–H and O–H groups in total. The van der Waals surface area contributed by atoms with E-state index < -0.39 is 5.91 Å². The van der Waals surface area contributed by atoms with Crippen molar-refractivity contribution in [2.24, 2.45) is 5.73 Å². The number of carbonyl (C=O) groups is 1. The van der Waals surface area contributed by atoms with E-state index in [1.54, 1.807) is 6.33 Å². The average molecular weight is 263 g/mol. The smallest absolute Gasteiger partial charge is 0.243 e. The molecule has 3 aromatic rings. The minimum Gasteiger partial charge on any atom is -0.366 e. The lowest BCUT2D eigenvalue weighted by Gasteiger charge is -2.09. The number of imidazole rings is 1. The molecular formula is C16H13N3O. The summed E-state index contributed by atoms with van der Waals surface area (Å²) < 4.78 is 1.87. The molecule has 0 aliphatic heterocycles. The van der Waals surface area contributed by atoms with Gasteiger partial charge in [-0.1, -0.05) is 42.5 Å². The molecule has 0 atom stereocenters. The van der Waals surface area contributed by atoms with E-state index in [0.717, 1.165) is 16.6 Å². The molecule has 0 unspecified atom stereocenters. The second kappa shape index (κ2) is 5.01. The monoisotopic (exact) mass is 263 g/mol. The Morgan fingerprint density at radius 3 is 2.50 bits per heavy atom. The van der Waals surface area contributed by atoms with Crippen molar-refractivity contribution in [2.45, 2.75) is 0 Å². The average Bonchev–Trinajstić information content (AvgIpc) is 2.89. The molecule has 20 heavy (non-hydrogen) atoms. The topological polar surface area (TPSA) is 60.9 Å². The van der Waals surface area contributed by atoms with E-state index >= 15 is 0 Å². The molecule has 1 aromatic heterocycles. The summed E-state index contributed by atoms with van der Waals surface area (Å²) in [5.74, 6) is -0.485. The lowest BCUT2D eigenvalue weighted by atomic mass is 10.1. The Morgan fingerprint density at radius 1 is 1.05 bits per heavy atom. The van der Waals surface area contributed by atoms with E-state index in [1.807, 2.05) is 59.2 Å². The van der Waals surface area contributed by atoms with Crippen LogP contribution in [0, 0.1) is 0 Å². The number of nitrogens with zero attached hydrogens (tertiary/aromatic N) is 2. The SMILES string of the molecule is NC(=O)/C=C(\c1ccccc1)n1cnc2ccccc21. The second-order valence-electron chi connectivity index (χ2n) is 4.40. The first-order chi connectivity index (χ1) is 9.75. The number of hydrogen-bond acceptors (Lipinski definition) is 2. The maximum Gasteiger partial charge on any atom is 0.243 e. The van der Waals surface area contributed by atoms with Gasteiger partial charge in [0.05, 0.1) is 16.7 Å². The Hall–Kier alpha value is -2.88. The molecule has 0 aliphatic rings. The Balaban J connectivity index is 2.23. The molecular weight excluding hydrogens is 250 g/mol. The summed E-state index contributed by atoms with van der Waals surface area (Å²) in [6.45, 7) is 0. The minimum atomic E-state index is -0.485. The number of nitrogens with two attached hydrogens (primary N) is 1. The van der Waals surface area contributed by atoms with Crippen molar-refractivity contribution in [3.8, 4) is 0 Å². The minimum absolute atomic E-state index is 0.485. The summed E-state index contributed by atoms with van der Waals surface area (Å²) in [4.78, 5) is 15.7. The highest BCUT2D eigenvalue weighted by Gasteiger charge is 2.09. The first kappa shape index (κ1) is 12.2.